The molecule has 1 aromatic carbocycles. The molecule has 0 saturated heterocycles. The minimum absolute atomic E-state index is 0.152. The number of nitro benzene ring substituents is 2. The van der Waals surface area contributed by atoms with E-state index in [4.69, 9.17) is 8.76 Å². The molecule has 0 fully saturated rings. The molecule has 1 aromatic rings. The van der Waals surface area contributed by atoms with Crippen LogP contribution >= 0.6 is 0 Å². The maximum atomic E-state index is 10.1. The van der Waals surface area contributed by atoms with E-state index >= 15 is 0 Å². The zero-order valence-corrected chi connectivity index (χ0v) is 8.46. The highest BCUT2D eigenvalue weighted by Crippen LogP contribution is 2.16. The Kier molecular flexibility index (Phi) is 5.77. The summed E-state index contributed by atoms with van der Waals surface area (Å²) in [6.07, 6.45) is 0. The summed E-state index contributed by atoms with van der Waals surface area (Å²) in [5.41, 5.74) is -0.304. The van der Waals surface area contributed by atoms with Gasteiger partial charge in [0.15, 0.2) is 0 Å². The highest BCUT2D eigenvalue weighted by Gasteiger charge is 2.08. The summed E-state index contributed by atoms with van der Waals surface area (Å²) < 4.78 is 17.6. The highest BCUT2D eigenvalue weighted by atomic mass is 32.2. The summed E-state index contributed by atoms with van der Waals surface area (Å²) in [7, 11) is 0. The second-order valence-electron chi connectivity index (χ2n) is 2.29. The van der Waals surface area contributed by atoms with E-state index in [1.807, 2.05) is 0 Å². The Bertz CT molecular complexity index is 368. The van der Waals surface area contributed by atoms with Crippen LogP contribution in [0.5, 0.6) is 0 Å². The van der Waals surface area contributed by atoms with Gasteiger partial charge in [0.05, 0.1) is 9.85 Å². The highest BCUT2D eigenvalue weighted by molar-refractivity contribution is 7.76. The van der Waals surface area contributed by atoms with Crippen LogP contribution in [0.15, 0.2) is 24.3 Å². The quantitative estimate of drug-likeness (QED) is 0.449. The lowest BCUT2D eigenvalue weighted by Crippen LogP contribution is -1.97. The summed E-state index contributed by atoms with van der Waals surface area (Å²) in [6, 6.07) is 4.38. The van der Waals surface area contributed by atoms with Crippen LogP contribution in [0.3, 0.4) is 0 Å². The van der Waals surface area contributed by atoms with Crippen molar-refractivity contribution in [1.29, 1.82) is 0 Å². The van der Waals surface area contributed by atoms with Crippen LogP contribution in [-0.2, 0) is 11.3 Å². The molecule has 16 heavy (non-hydrogen) atoms. The van der Waals surface area contributed by atoms with Gasteiger partial charge in [-0.1, -0.05) is 0 Å². The van der Waals surface area contributed by atoms with Crippen LogP contribution in [0, 0.1) is 20.2 Å². The van der Waals surface area contributed by atoms with Gasteiger partial charge in [-0.2, -0.15) is 0 Å². The molecule has 0 amide bonds. The molecule has 0 aliphatic carbocycles. The Balaban J connectivity index is 0.000000487. The Hall–Kier alpha value is -1.91. The van der Waals surface area contributed by atoms with Crippen molar-refractivity contribution in [3.63, 3.8) is 0 Å². The third-order valence-corrected chi connectivity index (χ3v) is 1.27. The summed E-state index contributed by atoms with van der Waals surface area (Å²) in [5.74, 6) is 0. The summed E-state index contributed by atoms with van der Waals surface area (Å²) in [4.78, 5) is 19.0. The summed E-state index contributed by atoms with van der Waals surface area (Å²) in [5, 5.41) is 24.3. The first kappa shape index (κ1) is 14.1. The molecule has 0 aliphatic heterocycles. The second kappa shape index (κ2) is 6.55. The zero-order chi connectivity index (χ0) is 12.7. The van der Waals surface area contributed by atoms with Gasteiger partial charge in [-0.25, -0.2) is 0 Å². The maximum absolute atomic E-state index is 10.1. The molecule has 0 bridgehead atoms. The molecular weight excluding hydrogens is 242 g/mol. The second-order valence-corrected chi connectivity index (χ2v) is 2.81. The van der Waals surface area contributed by atoms with Gasteiger partial charge in [0.2, 0.25) is 0 Å². The molecule has 0 aliphatic rings. The fourth-order valence-electron chi connectivity index (χ4n) is 0.696. The van der Waals surface area contributed by atoms with Gasteiger partial charge in [-0.15, -0.1) is 0 Å². The van der Waals surface area contributed by atoms with Crippen LogP contribution in [0.25, 0.3) is 0 Å². The lowest BCUT2D eigenvalue weighted by Gasteiger charge is -1.90. The third-order valence-electron chi connectivity index (χ3n) is 1.27. The first-order valence-corrected chi connectivity index (χ1v) is 4.71. The smallest absolute Gasteiger partial charge is 0.269 e. The zero-order valence-electron chi connectivity index (χ0n) is 7.64. The van der Waals surface area contributed by atoms with E-state index in [2.05, 4.69) is 5.14 Å². The van der Waals surface area contributed by atoms with Gasteiger partial charge in [-0.05, 0) is 0 Å². The molecule has 88 valence electrons. The lowest BCUT2D eigenvalue weighted by molar-refractivity contribution is -0.389. The minimum atomic E-state index is -2.36. The van der Waals surface area contributed by atoms with Crippen molar-refractivity contribution < 1.29 is 18.6 Å². The van der Waals surface area contributed by atoms with Crippen molar-refractivity contribution in [3.8, 4) is 0 Å². The molecule has 9 nitrogen and oxygen atoms in total. The van der Waals surface area contributed by atoms with Crippen LogP contribution in [-0.4, -0.2) is 18.6 Å². The predicted molar refractivity (Wildman–Crippen MR) is 52.9 cm³/mol. The van der Waals surface area contributed by atoms with Gasteiger partial charge in [0, 0.05) is 35.5 Å². The predicted octanol–water partition coefficient (Wildman–Crippen LogP) is 0.242. The van der Waals surface area contributed by atoms with Crippen LogP contribution in [0.2, 0.25) is 0 Å². The molecule has 1 rings (SSSR count). The SMILES string of the molecule is NS(=O)[O-].O=[N+]([O-])c1ccc([N+](=O)[O-])cc1. The molecule has 0 saturated carbocycles. The van der Waals surface area contributed by atoms with E-state index in [0.717, 1.165) is 24.3 Å². The minimum Gasteiger partial charge on any atom is -0.760 e. The maximum Gasteiger partial charge on any atom is 0.269 e. The van der Waals surface area contributed by atoms with E-state index in [-0.39, 0.29) is 11.4 Å². The molecule has 0 radical (unpaired) electrons. The number of rotatable bonds is 2. The van der Waals surface area contributed by atoms with Gasteiger partial charge >= 0.3 is 0 Å². The Morgan fingerprint density at radius 1 is 1.00 bits per heavy atom. The standard InChI is InChI=1S/C6H4N2O4.H3NO2S/c9-7(10)5-1-2-6(4-3-5)8(11)12;1-4(2)3/h1-4H;1H2,(H,2,3)/p-1. The number of non-ortho nitro benzene ring substituents is 2. The fourth-order valence-corrected chi connectivity index (χ4v) is 0.696. The van der Waals surface area contributed by atoms with Gasteiger partial charge in [0.1, 0.15) is 0 Å². The topological polar surface area (TPSA) is 152 Å². The molecule has 0 spiro atoms. The van der Waals surface area contributed by atoms with Gasteiger partial charge < -0.3 is 4.55 Å². The van der Waals surface area contributed by atoms with Crippen LogP contribution < -0.4 is 5.14 Å². The fraction of sp³-hybridized carbons (Fsp3) is 0. The van der Waals surface area contributed by atoms with Crippen molar-refractivity contribution in [2.24, 2.45) is 5.14 Å². The first-order chi connectivity index (χ1) is 7.34. The summed E-state index contributed by atoms with van der Waals surface area (Å²) >= 11 is -2.36. The number of nitro groups is 2. The van der Waals surface area contributed by atoms with Crippen molar-refractivity contribution in [1.82, 2.24) is 0 Å². The monoisotopic (exact) mass is 248 g/mol. The molecule has 1 unspecified atom stereocenters. The number of hydrogen-bond acceptors (Lipinski definition) is 6. The number of benzene rings is 1. The molecule has 0 heterocycles. The largest absolute Gasteiger partial charge is 0.760 e. The number of nitrogens with two attached hydrogens (primary N) is 1. The molecule has 2 N–H and O–H groups in total. The molecule has 10 heteroatoms. The molecule has 0 aromatic heterocycles. The first-order valence-electron chi connectivity index (χ1n) is 3.57. The van der Waals surface area contributed by atoms with E-state index in [0.29, 0.717) is 0 Å². The van der Waals surface area contributed by atoms with Crippen molar-refractivity contribution >= 4 is 22.6 Å². The van der Waals surface area contributed by atoms with E-state index in [1.54, 1.807) is 0 Å². The lowest BCUT2D eigenvalue weighted by atomic mass is 10.3. The van der Waals surface area contributed by atoms with Crippen LogP contribution in [0.1, 0.15) is 0 Å². The van der Waals surface area contributed by atoms with E-state index in [1.165, 1.54) is 0 Å². The Morgan fingerprint density at radius 2 is 1.19 bits per heavy atom. The number of hydrogen-bond donors (Lipinski definition) is 1. The molecule has 1 atom stereocenters. The van der Waals surface area contributed by atoms with Crippen molar-refractivity contribution in [2.75, 3.05) is 0 Å². The third kappa shape index (κ3) is 5.74. The average molecular weight is 248 g/mol. The summed E-state index contributed by atoms with van der Waals surface area (Å²) in [6.45, 7) is 0. The van der Waals surface area contributed by atoms with Gasteiger partial charge in [0.25, 0.3) is 11.4 Å². The van der Waals surface area contributed by atoms with E-state index in [9.17, 15) is 20.2 Å². The van der Waals surface area contributed by atoms with E-state index < -0.39 is 21.1 Å². The van der Waals surface area contributed by atoms with Crippen molar-refractivity contribution in [3.05, 3.63) is 44.5 Å². The normalized spacial score (nSPS) is 10.9. The van der Waals surface area contributed by atoms with Crippen molar-refractivity contribution in [2.45, 2.75) is 0 Å². The average Bonchev–Trinajstić information content (AvgIpc) is 2.17. The molecular formula is C6H6N3O6S-. The Labute approximate surface area is 91.6 Å². The number of nitrogens with zero attached hydrogens (tertiary/aromatic N) is 2. The van der Waals surface area contributed by atoms with Crippen LogP contribution in [0.4, 0.5) is 11.4 Å². The Morgan fingerprint density at radius 3 is 1.31 bits per heavy atom. The van der Waals surface area contributed by atoms with Gasteiger partial charge in [-0.3, -0.25) is 29.6 Å².